The second kappa shape index (κ2) is 13.3. The van der Waals surface area contributed by atoms with Gasteiger partial charge in [0, 0.05) is 25.4 Å². The molecule has 1 aromatic heterocycles. The van der Waals surface area contributed by atoms with E-state index >= 15 is 0 Å². The maximum Gasteiger partial charge on any atom is 0.222 e. The fourth-order valence-electron chi connectivity index (χ4n) is 4.36. The van der Waals surface area contributed by atoms with E-state index in [9.17, 15) is 4.79 Å². The molecule has 1 heterocycles. The van der Waals surface area contributed by atoms with E-state index in [0.29, 0.717) is 5.92 Å². The average Bonchev–Trinajstić information content (AvgIpc) is 3.18. The van der Waals surface area contributed by atoms with E-state index in [2.05, 4.69) is 73.1 Å². The van der Waals surface area contributed by atoms with E-state index in [1.54, 1.807) is 0 Å². The Morgan fingerprint density at radius 3 is 2.57 bits per heavy atom. The smallest absolute Gasteiger partial charge is 0.222 e. The standard InChI is InChI=1S/C30H43N3O2/c1-22(2)25-17-16-24(5)21-28(25)35-20-12-11-19-33-27-14-9-8-13-26(27)32-29(33)15-7-6-10-18-31-30(34)23(3)4/h8-9,13-14,16-17,21-23H,6-7,10-12,15,18-20H2,1-5H3,(H,31,34). The lowest BCUT2D eigenvalue weighted by molar-refractivity contribution is -0.123. The van der Waals surface area contributed by atoms with Crippen LogP contribution in [0.5, 0.6) is 5.75 Å². The van der Waals surface area contributed by atoms with Gasteiger partial charge in [-0.1, -0.05) is 58.4 Å². The predicted molar refractivity (Wildman–Crippen MR) is 145 cm³/mol. The molecule has 0 radical (unpaired) electrons. The third-order valence-corrected chi connectivity index (χ3v) is 6.46. The van der Waals surface area contributed by atoms with Crippen LogP contribution in [-0.2, 0) is 17.8 Å². The van der Waals surface area contributed by atoms with Crippen molar-refractivity contribution in [1.29, 1.82) is 0 Å². The largest absolute Gasteiger partial charge is 0.493 e. The summed E-state index contributed by atoms with van der Waals surface area (Å²) in [6.45, 7) is 12.8. The van der Waals surface area contributed by atoms with Gasteiger partial charge in [-0.25, -0.2) is 4.98 Å². The van der Waals surface area contributed by atoms with E-state index in [-0.39, 0.29) is 11.8 Å². The van der Waals surface area contributed by atoms with Crippen molar-refractivity contribution in [3.63, 3.8) is 0 Å². The molecular weight excluding hydrogens is 434 g/mol. The summed E-state index contributed by atoms with van der Waals surface area (Å²) in [5.74, 6) is 2.84. The second-order valence-corrected chi connectivity index (χ2v) is 10.2. The molecule has 2 aromatic carbocycles. The number of aromatic nitrogens is 2. The molecular formula is C30H43N3O2. The molecule has 3 rings (SSSR count). The zero-order chi connectivity index (χ0) is 25.2. The summed E-state index contributed by atoms with van der Waals surface area (Å²) in [4.78, 5) is 16.6. The Hall–Kier alpha value is -2.82. The van der Waals surface area contributed by atoms with Crippen LogP contribution in [0, 0.1) is 12.8 Å². The molecule has 1 N–H and O–H groups in total. The Bertz CT molecular complexity index is 1080. The predicted octanol–water partition coefficient (Wildman–Crippen LogP) is 6.81. The van der Waals surface area contributed by atoms with E-state index < -0.39 is 0 Å². The van der Waals surface area contributed by atoms with Crippen LogP contribution in [0.3, 0.4) is 0 Å². The third-order valence-electron chi connectivity index (χ3n) is 6.46. The Morgan fingerprint density at radius 2 is 1.80 bits per heavy atom. The fraction of sp³-hybridized carbons (Fsp3) is 0.533. The van der Waals surface area contributed by atoms with Gasteiger partial charge in [-0.05, 0) is 67.9 Å². The molecule has 190 valence electrons. The normalized spacial score (nSPS) is 11.5. The van der Waals surface area contributed by atoms with Crippen molar-refractivity contribution >= 4 is 16.9 Å². The first-order valence-electron chi connectivity index (χ1n) is 13.3. The summed E-state index contributed by atoms with van der Waals surface area (Å²) in [6.07, 6.45) is 6.20. The van der Waals surface area contributed by atoms with Crippen LogP contribution in [-0.4, -0.2) is 28.6 Å². The monoisotopic (exact) mass is 477 g/mol. The van der Waals surface area contributed by atoms with Crippen LogP contribution in [0.4, 0.5) is 0 Å². The minimum Gasteiger partial charge on any atom is -0.493 e. The van der Waals surface area contributed by atoms with Gasteiger partial charge in [0.2, 0.25) is 5.91 Å². The van der Waals surface area contributed by atoms with Crippen molar-refractivity contribution in [3.8, 4) is 5.75 Å². The SMILES string of the molecule is Cc1ccc(C(C)C)c(OCCCCn2c(CCCCCNC(=O)C(C)C)nc3ccccc32)c1. The fourth-order valence-corrected chi connectivity index (χ4v) is 4.36. The molecule has 0 saturated heterocycles. The van der Waals surface area contributed by atoms with Gasteiger partial charge >= 0.3 is 0 Å². The van der Waals surface area contributed by atoms with Gasteiger partial charge in [-0.15, -0.1) is 0 Å². The summed E-state index contributed by atoms with van der Waals surface area (Å²) < 4.78 is 8.59. The highest BCUT2D eigenvalue weighted by Crippen LogP contribution is 2.27. The lowest BCUT2D eigenvalue weighted by Gasteiger charge is -2.15. The number of benzene rings is 2. The second-order valence-electron chi connectivity index (χ2n) is 10.2. The maximum atomic E-state index is 11.7. The van der Waals surface area contributed by atoms with Crippen LogP contribution in [0.2, 0.25) is 0 Å². The van der Waals surface area contributed by atoms with E-state index in [4.69, 9.17) is 9.72 Å². The first-order valence-corrected chi connectivity index (χ1v) is 13.3. The van der Waals surface area contributed by atoms with Gasteiger partial charge in [-0.2, -0.15) is 0 Å². The highest BCUT2D eigenvalue weighted by molar-refractivity contribution is 5.77. The molecule has 0 unspecified atom stereocenters. The van der Waals surface area contributed by atoms with Crippen molar-refractivity contribution in [2.75, 3.05) is 13.2 Å². The number of rotatable bonds is 14. The molecule has 0 aliphatic rings. The summed E-state index contributed by atoms with van der Waals surface area (Å²) in [5, 5.41) is 3.01. The molecule has 1 amide bonds. The van der Waals surface area contributed by atoms with Crippen molar-refractivity contribution in [2.24, 2.45) is 5.92 Å². The lowest BCUT2D eigenvalue weighted by atomic mass is 10.0. The Morgan fingerprint density at radius 1 is 1.00 bits per heavy atom. The quantitative estimate of drug-likeness (QED) is 0.259. The van der Waals surface area contributed by atoms with Gasteiger partial charge in [0.1, 0.15) is 11.6 Å². The zero-order valence-electron chi connectivity index (χ0n) is 22.3. The highest BCUT2D eigenvalue weighted by Gasteiger charge is 2.11. The van der Waals surface area contributed by atoms with Gasteiger partial charge < -0.3 is 14.6 Å². The van der Waals surface area contributed by atoms with Crippen molar-refractivity contribution in [3.05, 3.63) is 59.4 Å². The molecule has 0 bridgehead atoms. The molecule has 5 nitrogen and oxygen atoms in total. The van der Waals surface area contributed by atoms with Gasteiger partial charge in [0.15, 0.2) is 0 Å². The number of carbonyl (C=O) groups excluding carboxylic acids is 1. The summed E-state index contributed by atoms with van der Waals surface area (Å²) in [5.41, 5.74) is 4.81. The number of hydrogen-bond acceptors (Lipinski definition) is 3. The van der Waals surface area contributed by atoms with Gasteiger partial charge in [-0.3, -0.25) is 4.79 Å². The number of nitrogens with one attached hydrogen (secondary N) is 1. The van der Waals surface area contributed by atoms with Crippen LogP contribution in [0.1, 0.15) is 82.7 Å². The number of unbranched alkanes of at least 4 members (excludes halogenated alkanes) is 3. The number of aryl methyl sites for hydroxylation is 3. The molecule has 35 heavy (non-hydrogen) atoms. The molecule has 0 spiro atoms. The molecule has 0 aliphatic carbocycles. The Balaban J connectivity index is 1.50. The number of ether oxygens (including phenoxy) is 1. The van der Waals surface area contributed by atoms with E-state index in [0.717, 1.165) is 69.5 Å². The first-order chi connectivity index (χ1) is 16.9. The molecule has 3 aromatic rings. The van der Waals surface area contributed by atoms with Crippen molar-refractivity contribution < 1.29 is 9.53 Å². The maximum absolute atomic E-state index is 11.7. The van der Waals surface area contributed by atoms with Gasteiger partial charge in [0.05, 0.1) is 17.6 Å². The molecule has 5 heteroatoms. The zero-order valence-corrected chi connectivity index (χ0v) is 22.3. The van der Waals surface area contributed by atoms with Crippen LogP contribution >= 0.6 is 0 Å². The molecule has 0 atom stereocenters. The van der Waals surface area contributed by atoms with E-state index in [1.807, 2.05) is 13.8 Å². The first kappa shape index (κ1) is 26.8. The van der Waals surface area contributed by atoms with Gasteiger partial charge in [0.25, 0.3) is 0 Å². The van der Waals surface area contributed by atoms with Crippen LogP contribution in [0.25, 0.3) is 11.0 Å². The summed E-state index contributed by atoms with van der Waals surface area (Å²) >= 11 is 0. The number of carbonyl (C=O) groups is 1. The average molecular weight is 478 g/mol. The Labute approximate surface area is 211 Å². The van der Waals surface area contributed by atoms with E-state index in [1.165, 1.54) is 22.5 Å². The van der Waals surface area contributed by atoms with Crippen LogP contribution < -0.4 is 10.1 Å². The molecule has 0 saturated carbocycles. The van der Waals surface area contributed by atoms with Crippen molar-refractivity contribution in [1.82, 2.24) is 14.9 Å². The topological polar surface area (TPSA) is 56.1 Å². The number of nitrogens with zero attached hydrogens (tertiary/aromatic N) is 2. The minimum atomic E-state index is 0.0503. The van der Waals surface area contributed by atoms with Crippen molar-refractivity contribution in [2.45, 2.75) is 85.6 Å². The van der Waals surface area contributed by atoms with Crippen LogP contribution in [0.15, 0.2) is 42.5 Å². The number of hydrogen-bond donors (Lipinski definition) is 1. The summed E-state index contributed by atoms with van der Waals surface area (Å²) in [7, 11) is 0. The Kier molecular flexibility index (Phi) is 10.2. The number of para-hydroxylation sites is 2. The number of fused-ring (bicyclic) bond motifs is 1. The number of amides is 1. The molecule has 0 aliphatic heterocycles. The highest BCUT2D eigenvalue weighted by atomic mass is 16.5. The molecule has 0 fully saturated rings. The minimum absolute atomic E-state index is 0.0503. The lowest BCUT2D eigenvalue weighted by Crippen LogP contribution is -2.28. The third kappa shape index (κ3) is 7.84. The summed E-state index contributed by atoms with van der Waals surface area (Å²) in [6, 6.07) is 14.9. The number of imidazole rings is 1.